The zero-order valence-corrected chi connectivity index (χ0v) is 15.3. The maximum atomic E-state index is 5.63. The van der Waals surface area contributed by atoms with Crippen LogP contribution < -0.4 is 4.74 Å². The Hall–Kier alpha value is -2.34. The van der Waals surface area contributed by atoms with Crippen LogP contribution in [-0.4, -0.2) is 51.9 Å². The summed E-state index contributed by atoms with van der Waals surface area (Å²) in [7, 11) is 3.89. The number of rotatable bonds is 3. The van der Waals surface area contributed by atoms with Crippen LogP contribution in [-0.2, 0) is 0 Å². The van der Waals surface area contributed by atoms with E-state index in [1.807, 2.05) is 6.20 Å². The first-order valence-electron chi connectivity index (χ1n) is 8.84. The number of aryl methyl sites for hydroxylation is 2. The lowest BCUT2D eigenvalue weighted by Crippen LogP contribution is -2.31. The van der Waals surface area contributed by atoms with E-state index in [-0.39, 0.29) is 0 Å². The van der Waals surface area contributed by atoms with Crippen LogP contribution >= 0.6 is 0 Å². The second-order valence-electron chi connectivity index (χ2n) is 7.11. The van der Waals surface area contributed by atoms with Crippen molar-refractivity contribution in [2.24, 2.45) is 0 Å². The van der Waals surface area contributed by atoms with Gasteiger partial charge in [0.15, 0.2) is 5.65 Å². The van der Waals surface area contributed by atoms with Crippen molar-refractivity contribution in [2.45, 2.75) is 32.7 Å². The van der Waals surface area contributed by atoms with Crippen molar-refractivity contribution in [3.05, 3.63) is 29.5 Å². The van der Waals surface area contributed by atoms with Gasteiger partial charge in [-0.15, -0.1) is 0 Å². The van der Waals surface area contributed by atoms with E-state index in [0.717, 1.165) is 59.8 Å². The number of hydrogen-bond acceptors (Lipinski definition) is 4. The van der Waals surface area contributed by atoms with Crippen LogP contribution in [0.15, 0.2) is 18.3 Å². The minimum absolute atomic E-state index is 0.422. The van der Waals surface area contributed by atoms with Crippen molar-refractivity contribution in [3.8, 4) is 17.1 Å². The zero-order valence-electron chi connectivity index (χ0n) is 15.3. The smallest absolute Gasteiger partial charge is 0.177 e. The van der Waals surface area contributed by atoms with Gasteiger partial charge in [0.05, 0.1) is 24.9 Å². The number of nitrogens with one attached hydrogen (secondary N) is 1. The number of methoxy groups -OCH3 is 1. The van der Waals surface area contributed by atoms with Gasteiger partial charge in [-0.25, -0.2) is 9.67 Å². The summed E-state index contributed by atoms with van der Waals surface area (Å²) in [4.78, 5) is 10.7. The molecule has 4 rings (SSSR count). The van der Waals surface area contributed by atoms with E-state index >= 15 is 0 Å². The van der Waals surface area contributed by atoms with Crippen molar-refractivity contribution in [1.29, 1.82) is 0 Å². The van der Waals surface area contributed by atoms with Crippen LogP contribution in [0, 0.1) is 13.8 Å². The van der Waals surface area contributed by atoms with E-state index in [2.05, 4.69) is 52.7 Å². The van der Waals surface area contributed by atoms with Gasteiger partial charge in [-0.1, -0.05) is 6.07 Å². The molecule has 0 radical (unpaired) electrons. The Labute approximate surface area is 147 Å². The third-order valence-electron chi connectivity index (χ3n) is 5.15. The van der Waals surface area contributed by atoms with Crippen LogP contribution in [0.25, 0.3) is 22.6 Å². The first-order valence-corrected chi connectivity index (χ1v) is 8.84. The second kappa shape index (κ2) is 6.19. The molecule has 25 heavy (non-hydrogen) atoms. The van der Waals surface area contributed by atoms with E-state index in [0.29, 0.717) is 6.04 Å². The molecular formula is C19H25N5O. The summed E-state index contributed by atoms with van der Waals surface area (Å²) in [5.74, 6) is 1.72. The maximum absolute atomic E-state index is 5.63. The molecule has 3 aromatic rings. The highest BCUT2D eigenvalue weighted by Crippen LogP contribution is 2.34. The standard InChI is InChI=1S/C19H25N5O/c1-12-9-13(2)17(25-4)15(10-12)18-21-16-11-20-24(19(16)22-18)14-5-7-23(3)8-6-14/h9-11,14H,5-8H2,1-4H3,(H,21,22). The molecule has 1 fully saturated rings. The zero-order chi connectivity index (χ0) is 17.6. The number of likely N-dealkylation sites (tertiary alicyclic amines) is 1. The number of imidazole rings is 1. The van der Waals surface area contributed by atoms with E-state index in [1.54, 1.807) is 7.11 Å². The third kappa shape index (κ3) is 2.80. The summed E-state index contributed by atoms with van der Waals surface area (Å²) in [5, 5.41) is 4.59. The molecule has 2 aromatic heterocycles. The van der Waals surface area contributed by atoms with Gasteiger partial charge < -0.3 is 14.6 Å². The van der Waals surface area contributed by atoms with E-state index in [4.69, 9.17) is 9.72 Å². The van der Waals surface area contributed by atoms with E-state index in [1.165, 1.54) is 5.56 Å². The monoisotopic (exact) mass is 339 g/mol. The minimum Gasteiger partial charge on any atom is -0.496 e. The molecule has 1 N–H and O–H groups in total. The molecule has 0 bridgehead atoms. The summed E-state index contributed by atoms with van der Waals surface area (Å²) in [6.07, 6.45) is 4.12. The fraction of sp³-hybridized carbons (Fsp3) is 0.474. The van der Waals surface area contributed by atoms with Gasteiger partial charge >= 0.3 is 0 Å². The number of H-pyrrole nitrogens is 1. The average Bonchev–Trinajstić information content (AvgIpc) is 3.15. The summed E-state index contributed by atoms with van der Waals surface area (Å²) in [6, 6.07) is 4.67. The minimum atomic E-state index is 0.422. The molecule has 1 saturated heterocycles. The Bertz CT molecular complexity index is 902. The number of fused-ring (bicyclic) bond motifs is 1. The Morgan fingerprint density at radius 1 is 1.20 bits per heavy atom. The van der Waals surface area contributed by atoms with Gasteiger partial charge in [-0.3, -0.25) is 0 Å². The number of hydrogen-bond donors (Lipinski definition) is 1. The fourth-order valence-electron chi connectivity index (χ4n) is 3.85. The number of ether oxygens (including phenoxy) is 1. The van der Waals surface area contributed by atoms with Crippen molar-refractivity contribution >= 4 is 11.2 Å². The summed E-state index contributed by atoms with van der Waals surface area (Å²) in [6.45, 7) is 6.37. The van der Waals surface area contributed by atoms with Crippen molar-refractivity contribution < 1.29 is 4.74 Å². The summed E-state index contributed by atoms with van der Waals surface area (Å²) < 4.78 is 7.72. The van der Waals surface area contributed by atoms with Crippen LogP contribution in [0.3, 0.4) is 0 Å². The van der Waals surface area contributed by atoms with Gasteiger partial charge in [0.2, 0.25) is 0 Å². The highest BCUT2D eigenvalue weighted by atomic mass is 16.5. The molecule has 0 aliphatic carbocycles. The van der Waals surface area contributed by atoms with E-state index in [9.17, 15) is 0 Å². The number of benzene rings is 1. The lowest BCUT2D eigenvalue weighted by atomic mass is 10.1. The van der Waals surface area contributed by atoms with E-state index < -0.39 is 0 Å². The predicted molar refractivity (Wildman–Crippen MR) is 99.1 cm³/mol. The molecule has 6 nitrogen and oxygen atoms in total. The Kier molecular flexibility index (Phi) is 4.00. The normalized spacial score (nSPS) is 16.6. The number of piperidine rings is 1. The molecule has 0 saturated carbocycles. The second-order valence-corrected chi connectivity index (χ2v) is 7.11. The number of aromatic nitrogens is 4. The lowest BCUT2D eigenvalue weighted by molar-refractivity contribution is 0.215. The first-order chi connectivity index (χ1) is 12.1. The summed E-state index contributed by atoms with van der Waals surface area (Å²) in [5.41, 5.74) is 5.24. The lowest BCUT2D eigenvalue weighted by Gasteiger charge is -2.28. The van der Waals surface area contributed by atoms with Crippen LogP contribution in [0.2, 0.25) is 0 Å². The third-order valence-corrected chi connectivity index (χ3v) is 5.15. The molecule has 0 amide bonds. The number of aromatic amines is 1. The molecule has 1 aliphatic heterocycles. The molecule has 6 heteroatoms. The van der Waals surface area contributed by atoms with Crippen LogP contribution in [0.5, 0.6) is 5.75 Å². The molecule has 132 valence electrons. The Balaban J connectivity index is 1.76. The predicted octanol–water partition coefficient (Wildman–Crippen LogP) is 3.32. The van der Waals surface area contributed by atoms with Gasteiger partial charge in [-0.05, 0) is 64.0 Å². The van der Waals surface area contributed by atoms with Crippen LogP contribution in [0.1, 0.15) is 30.0 Å². The summed E-state index contributed by atoms with van der Waals surface area (Å²) >= 11 is 0. The van der Waals surface area contributed by atoms with Gasteiger partial charge in [-0.2, -0.15) is 5.10 Å². The first kappa shape index (κ1) is 16.1. The van der Waals surface area contributed by atoms with Crippen LogP contribution in [0.4, 0.5) is 0 Å². The SMILES string of the molecule is COc1c(C)cc(C)cc1-c1nc2c(cnn2C2CCN(C)CC2)[nH]1. The van der Waals surface area contributed by atoms with Gasteiger partial charge in [0.1, 0.15) is 17.1 Å². The topological polar surface area (TPSA) is 59.0 Å². The fourth-order valence-corrected chi connectivity index (χ4v) is 3.85. The van der Waals surface area contributed by atoms with Crippen molar-refractivity contribution in [2.75, 3.05) is 27.2 Å². The highest BCUT2D eigenvalue weighted by Gasteiger charge is 2.23. The van der Waals surface area contributed by atoms with Crippen molar-refractivity contribution in [1.82, 2.24) is 24.6 Å². The Morgan fingerprint density at radius 2 is 1.96 bits per heavy atom. The molecule has 0 atom stereocenters. The average molecular weight is 339 g/mol. The molecule has 1 aliphatic rings. The Morgan fingerprint density at radius 3 is 2.68 bits per heavy atom. The number of nitrogens with zero attached hydrogens (tertiary/aromatic N) is 4. The molecule has 3 heterocycles. The maximum Gasteiger partial charge on any atom is 0.177 e. The van der Waals surface area contributed by atoms with Gasteiger partial charge in [0, 0.05) is 0 Å². The quantitative estimate of drug-likeness (QED) is 0.795. The largest absolute Gasteiger partial charge is 0.496 e. The van der Waals surface area contributed by atoms with Crippen molar-refractivity contribution in [3.63, 3.8) is 0 Å². The highest BCUT2D eigenvalue weighted by molar-refractivity contribution is 5.78. The van der Waals surface area contributed by atoms with Gasteiger partial charge in [0.25, 0.3) is 0 Å². The molecule has 0 spiro atoms. The molecular weight excluding hydrogens is 314 g/mol. The molecule has 0 unspecified atom stereocenters. The molecule has 1 aromatic carbocycles.